The summed E-state index contributed by atoms with van der Waals surface area (Å²) in [5, 5.41) is 27.3. The van der Waals surface area contributed by atoms with Gasteiger partial charge >= 0.3 is 5.69 Å². The van der Waals surface area contributed by atoms with Gasteiger partial charge in [0.2, 0.25) is 5.91 Å². The summed E-state index contributed by atoms with van der Waals surface area (Å²) in [6, 6.07) is 7.20. The van der Waals surface area contributed by atoms with Gasteiger partial charge in [0.15, 0.2) is 0 Å². The molecule has 3 rings (SSSR count). The lowest BCUT2D eigenvalue weighted by Gasteiger charge is -2.17. The Bertz CT molecular complexity index is 743. The lowest BCUT2D eigenvalue weighted by atomic mass is 10.1. The van der Waals surface area contributed by atoms with Crippen LogP contribution in [0.25, 0.3) is 0 Å². The van der Waals surface area contributed by atoms with Crippen molar-refractivity contribution in [3.8, 4) is 0 Å². The van der Waals surface area contributed by atoms with Crippen LogP contribution in [0.4, 0.5) is 5.69 Å². The minimum Gasteiger partial charge on any atom is -0.390 e. The summed E-state index contributed by atoms with van der Waals surface area (Å²) in [5.74, 6) is -0.232. The molecule has 2 N–H and O–H groups in total. The van der Waals surface area contributed by atoms with E-state index < -0.39 is 17.1 Å². The van der Waals surface area contributed by atoms with Crippen LogP contribution < -0.4 is 5.32 Å². The number of rotatable bonds is 5. The highest BCUT2D eigenvalue weighted by molar-refractivity contribution is 5.76. The van der Waals surface area contributed by atoms with E-state index in [1.807, 2.05) is 24.3 Å². The molecule has 2 aromatic rings. The summed E-state index contributed by atoms with van der Waals surface area (Å²) < 4.78 is 1.36. The predicted molar refractivity (Wildman–Crippen MR) is 80.5 cm³/mol. The minimum absolute atomic E-state index is 0.106. The van der Waals surface area contributed by atoms with Crippen LogP contribution in [0.2, 0.25) is 0 Å². The quantitative estimate of drug-likeness (QED) is 0.630. The molecule has 0 saturated heterocycles. The number of hydrogen-bond donors (Lipinski definition) is 2. The second-order valence-electron chi connectivity index (χ2n) is 5.48. The van der Waals surface area contributed by atoms with Crippen molar-refractivity contribution >= 4 is 11.6 Å². The van der Waals surface area contributed by atoms with Crippen LogP contribution in [-0.4, -0.2) is 31.8 Å². The van der Waals surface area contributed by atoms with Gasteiger partial charge in [0, 0.05) is 19.4 Å². The number of nitrogens with zero attached hydrogens (tertiary/aromatic N) is 3. The molecule has 8 nitrogen and oxygen atoms in total. The standard InChI is InChI=1S/C15H16N4O4/c20-13-7-10-3-1-2-4-12(10)15(13)17-14(21)5-6-18-9-11(8-16-18)19(22)23/h1-4,8-9,13,15,20H,5-7H2,(H,17,21)/t13-,15+/m0/s1. The summed E-state index contributed by atoms with van der Waals surface area (Å²) in [6.07, 6.45) is 2.45. The fraction of sp³-hybridized carbons (Fsp3) is 0.333. The van der Waals surface area contributed by atoms with E-state index in [-0.39, 0.29) is 24.6 Å². The molecule has 1 aromatic carbocycles. The van der Waals surface area contributed by atoms with Gasteiger partial charge in [-0.1, -0.05) is 24.3 Å². The molecule has 1 aliphatic rings. The van der Waals surface area contributed by atoms with Crippen LogP contribution in [-0.2, 0) is 17.8 Å². The van der Waals surface area contributed by atoms with Gasteiger partial charge in [-0.25, -0.2) is 0 Å². The van der Waals surface area contributed by atoms with E-state index in [2.05, 4.69) is 10.4 Å². The normalized spacial score (nSPS) is 19.3. The van der Waals surface area contributed by atoms with Crippen LogP contribution in [0.1, 0.15) is 23.6 Å². The minimum atomic E-state index is -0.637. The molecule has 120 valence electrons. The number of benzene rings is 1. The molecule has 0 aliphatic heterocycles. The third-order valence-electron chi connectivity index (χ3n) is 3.92. The van der Waals surface area contributed by atoms with E-state index in [9.17, 15) is 20.0 Å². The molecule has 1 heterocycles. The fourth-order valence-corrected chi connectivity index (χ4v) is 2.78. The molecular weight excluding hydrogens is 300 g/mol. The van der Waals surface area contributed by atoms with Gasteiger partial charge in [0.1, 0.15) is 12.4 Å². The molecule has 23 heavy (non-hydrogen) atoms. The maximum absolute atomic E-state index is 12.1. The molecule has 2 atom stereocenters. The highest BCUT2D eigenvalue weighted by Crippen LogP contribution is 2.31. The van der Waals surface area contributed by atoms with E-state index in [4.69, 9.17) is 0 Å². The van der Waals surface area contributed by atoms with Crippen molar-refractivity contribution in [1.82, 2.24) is 15.1 Å². The lowest BCUT2D eigenvalue weighted by Crippen LogP contribution is -2.34. The number of aliphatic hydroxyl groups is 1. The number of carbonyl (C=O) groups excluding carboxylic acids is 1. The number of nitrogens with one attached hydrogen (secondary N) is 1. The van der Waals surface area contributed by atoms with Crippen LogP contribution in [0.3, 0.4) is 0 Å². The van der Waals surface area contributed by atoms with E-state index >= 15 is 0 Å². The van der Waals surface area contributed by atoms with Gasteiger partial charge in [-0.05, 0) is 11.1 Å². The molecule has 0 unspecified atom stereocenters. The molecule has 0 radical (unpaired) electrons. The molecule has 1 aliphatic carbocycles. The van der Waals surface area contributed by atoms with Crippen molar-refractivity contribution in [2.45, 2.75) is 31.5 Å². The Morgan fingerprint density at radius 1 is 1.48 bits per heavy atom. The fourth-order valence-electron chi connectivity index (χ4n) is 2.78. The van der Waals surface area contributed by atoms with Gasteiger partial charge in [-0.2, -0.15) is 5.10 Å². The summed E-state index contributed by atoms with van der Waals surface area (Å²) in [4.78, 5) is 22.1. The second-order valence-corrected chi connectivity index (χ2v) is 5.48. The Kier molecular flexibility index (Phi) is 4.07. The van der Waals surface area contributed by atoms with Crippen molar-refractivity contribution in [2.75, 3.05) is 0 Å². The molecular formula is C15H16N4O4. The van der Waals surface area contributed by atoms with E-state index in [1.54, 1.807) is 0 Å². The molecule has 1 aromatic heterocycles. The first-order valence-corrected chi connectivity index (χ1v) is 7.26. The maximum Gasteiger partial charge on any atom is 0.306 e. The van der Waals surface area contributed by atoms with Crippen LogP contribution in [0, 0.1) is 10.1 Å². The smallest absolute Gasteiger partial charge is 0.306 e. The SMILES string of the molecule is O=C(CCn1cc([N+](=O)[O-])cn1)N[C@@H]1c2ccccc2C[C@@H]1O. The summed E-state index contributed by atoms with van der Waals surface area (Å²) in [6.45, 7) is 0.240. The van der Waals surface area contributed by atoms with Crippen molar-refractivity contribution in [3.05, 3.63) is 57.9 Å². The number of hydrogen-bond acceptors (Lipinski definition) is 5. The van der Waals surface area contributed by atoms with E-state index in [1.165, 1.54) is 10.9 Å². The number of aliphatic hydroxyl groups excluding tert-OH is 1. The number of aryl methyl sites for hydroxylation is 1. The number of aromatic nitrogens is 2. The summed E-state index contributed by atoms with van der Waals surface area (Å²) in [5.41, 5.74) is 1.86. The molecule has 8 heteroatoms. The third kappa shape index (κ3) is 3.21. The summed E-state index contributed by atoms with van der Waals surface area (Å²) >= 11 is 0. The van der Waals surface area contributed by atoms with Crippen LogP contribution in [0.5, 0.6) is 0 Å². The molecule has 1 amide bonds. The van der Waals surface area contributed by atoms with Gasteiger partial charge in [0.25, 0.3) is 0 Å². The number of carbonyl (C=O) groups is 1. The largest absolute Gasteiger partial charge is 0.390 e. The average molecular weight is 316 g/mol. The van der Waals surface area contributed by atoms with E-state index in [0.717, 1.165) is 17.3 Å². The molecule has 0 fully saturated rings. The average Bonchev–Trinajstić information content (AvgIpc) is 3.11. The highest BCUT2D eigenvalue weighted by atomic mass is 16.6. The zero-order valence-electron chi connectivity index (χ0n) is 12.3. The lowest BCUT2D eigenvalue weighted by molar-refractivity contribution is -0.385. The van der Waals surface area contributed by atoms with Crippen molar-refractivity contribution < 1.29 is 14.8 Å². The Balaban J connectivity index is 1.58. The second kappa shape index (κ2) is 6.17. The van der Waals surface area contributed by atoms with Gasteiger partial charge in [-0.3, -0.25) is 19.6 Å². The summed E-state index contributed by atoms with van der Waals surface area (Å²) in [7, 11) is 0. The van der Waals surface area contributed by atoms with Gasteiger partial charge in [-0.15, -0.1) is 0 Å². The maximum atomic E-state index is 12.1. The Hall–Kier alpha value is -2.74. The predicted octanol–water partition coefficient (Wildman–Crippen LogP) is 0.956. The van der Waals surface area contributed by atoms with Crippen LogP contribution >= 0.6 is 0 Å². The monoisotopic (exact) mass is 316 g/mol. The number of amides is 1. The van der Waals surface area contributed by atoms with Crippen molar-refractivity contribution in [3.63, 3.8) is 0 Å². The topological polar surface area (TPSA) is 110 Å². The molecule has 0 spiro atoms. The van der Waals surface area contributed by atoms with Crippen molar-refractivity contribution in [2.24, 2.45) is 0 Å². The first kappa shape index (κ1) is 15.2. The van der Waals surface area contributed by atoms with Gasteiger partial charge < -0.3 is 10.4 Å². The Labute approximate surface area is 131 Å². The molecule has 0 saturated carbocycles. The van der Waals surface area contributed by atoms with Gasteiger partial charge in [0.05, 0.1) is 17.1 Å². The zero-order chi connectivity index (χ0) is 16.4. The van der Waals surface area contributed by atoms with E-state index in [0.29, 0.717) is 6.42 Å². The van der Waals surface area contributed by atoms with Crippen LogP contribution in [0.15, 0.2) is 36.7 Å². The Morgan fingerprint density at radius 2 is 2.26 bits per heavy atom. The zero-order valence-corrected chi connectivity index (χ0v) is 12.3. The Morgan fingerprint density at radius 3 is 3.00 bits per heavy atom. The molecule has 0 bridgehead atoms. The first-order valence-electron chi connectivity index (χ1n) is 7.26. The van der Waals surface area contributed by atoms with Crippen molar-refractivity contribution in [1.29, 1.82) is 0 Å². The number of nitro groups is 1. The third-order valence-corrected chi connectivity index (χ3v) is 3.92. The number of fused-ring (bicyclic) bond motifs is 1. The first-order chi connectivity index (χ1) is 11.0. The highest BCUT2D eigenvalue weighted by Gasteiger charge is 2.31.